The highest BCUT2D eigenvalue weighted by atomic mass is 17.2. The van der Waals surface area contributed by atoms with Gasteiger partial charge < -0.3 is 34.7 Å². The molecule has 14 heteroatoms. The van der Waals surface area contributed by atoms with Crippen molar-refractivity contribution in [2.45, 2.75) is 76.7 Å². The molecular formula is C43H51N9O5. The number of methoxy groups -OCH3 is 1. The van der Waals surface area contributed by atoms with Gasteiger partial charge in [-0.2, -0.15) is 4.89 Å². The molecule has 0 radical (unpaired) electrons. The maximum Gasteiger partial charge on any atom is 0.250 e. The van der Waals surface area contributed by atoms with Gasteiger partial charge in [0.2, 0.25) is 12.3 Å². The molecule has 0 bridgehead atoms. The van der Waals surface area contributed by atoms with E-state index in [0.717, 1.165) is 83.1 Å². The van der Waals surface area contributed by atoms with Crippen LogP contribution in [-0.2, 0) is 24.1 Å². The molecule has 3 N–H and O–H groups in total. The van der Waals surface area contributed by atoms with Gasteiger partial charge in [-0.3, -0.25) is 14.6 Å². The lowest BCUT2D eigenvalue weighted by Gasteiger charge is -2.30. The van der Waals surface area contributed by atoms with Crippen LogP contribution in [0.5, 0.6) is 0 Å². The molecule has 7 rings (SSSR count). The summed E-state index contributed by atoms with van der Waals surface area (Å²) in [5, 5.41) is 3.40. The molecule has 0 unspecified atom stereocenters. The third-order valence-corrected chi connectivity index (χ3v) is 11.0. The molecule has 2 aliphatic rings. The maximum atomic E-state index is 13.9. The largest absolute Gasteiger partial charge is 0.379 e. The molecule has 57 heavy (non-hydrogen) atoms. The van der Waals surface area contributed by atoms with Crippen molar-refractivity contribution in [2.75, 3.05) is 32.6 Å². The first-order valence-electron chi connectivity index (χ1n) is 19.6. The van der Waals surface area contributed by atoms with Crippen molar-refractivity contribution in [1.29, 1.82) is 0 Å². The Morgan fingerprint density at radius 3 is 1.82 bits per heavy atom. The topological polar surface area (TPSA) is 163 Å². The van der Waals surface area contributed by atoms with Crippen LogP contribution in [0.2, 0.25) is 0 Å². The first kappa shape index (κ1) is 39.4. The van der Waals surface area contributed by atoms with Gasteiger partial charge in [-0.15, -0.1) is 0 Å². The summed E-state index contributed by atoms with van der Waals surface area (Å²) in [4.78, 5) is 65.6. The lowest BCUT2D eigenvalue weighted by atomic mass is 10.0. The van der Waals surface area contributed by atoms with E-state index in [1.807, 2.05) is 34.3 Å². The number of imidazole rings is 2. The zero-order valence-electron chi connectivity index (χ0n) is 33.1. The highest BCUT2D eigenvalue weighted by Crippen LogP contribution is 2.35. The number of H-pyrrole nitrogens is 2. The van der Waals surface area contributed by atoms with E-state index in [-0.39, 0.29) is 35.9 Å². The van der Waals surface area contributed by atoms with E-state index in [0.29, 0.717) is 13.1 Å². The van der Waals surface area contributed by atoms with E-state index in [2.05, 4.69) is 92.5 Å². The smallest absolute Gasteiger partial charge is 0.250 e. The number of rotatable bonds is 15. The molecule has 5 heterocycles. The number of nitrogens with zero attached hydrogens (tertiary/aromatic N) is 6. The van der Waals surface area contributed by atoms with Crippen molar-refractivity contribution in [2.24, 2.45) is 10.9 Å². The van der Waals surface area contributed by atoms with E-state index in [1.54, 1.807) is 26.4 Å². The SMILES string of the molecule is COO/C=N\[C@H](C(=O)N1CCC[C@H]1c1ncc(-c2ccc(-c3ccc(-c4cnc([C@@H]5CCCN5C(=O)[C@@H](Nc5cccnc5)C(C)C)[nH]4)cc3)cc2)[nH]1)[C@@H](C)OC. The highest BCUT2D eigenvalue weighted by Gasteiger charge is 2.38. The molecule has 2 saturated heterocycles. The van der Waals surface area contributed by atoms with Crippen LogP contribution in [0, 0.1) is 5.92 Å². The normalized spacial score (nSPS) is 18.6. The van der Waals surface area contributed by atoms with Crippen LogP contribution >= 0.6 is 0 Å². The number of hydrogen-bond donors (Lipinski definition) is 3. The van der Waals surface area contributed by atoms with Crippen LogP contribution < -0.4 is 5.32 Å². The third-order valence-electron chi connectivity index (χ3n) is 11.0. The summed E-state index contributed by atoms with van der Waals surface area (Å²) in [6.07, 6.45) is 11.3. The third kappa shape index (κ3) is 8.76. The Morgan fingerprint density at radius 2 is 1.33 bits per heavy atom. The number of aromatic nitrogens is 5. The monoisotopic (exact) mass is 773 g/mol. The maximum absolute atomic E-state index is 13.9. The number of carbonyl (C=O) groups is 2. The Balaban J connectivity index is 0.996. The number of aliphatic imine (C=N–C) groups is 1. The Hall–Kier alpha value is -5.86. The second-order valence-corrected chi connectivity index (χ2v) is 14.9. The van der Waals surface area contributed by atoms with Crippen LogP contribution in [0.25, 0.3) is 33.6 Å². The number of aromatic amines is 2. The number of hydrogen-bond acceptors (Lipinski definition) is 10. The van der Waals surface area contributed by atoms with Gasteiger partial charge in [-0.05, 0) is 72.9 Å². The molecule has 2 amide bonds. The molecule has 5 aromatic rings. The van der Waals surface area contributed by atoms with Crippen molar-refractivity contribution in [3.05, 3.63) is 97.1 Å². The minimum Gasteiger partial charge on any atom is -0.379 e. The Morgan fingerprint density at radius 1 is 0.789 bits per heavy atom. The minimum absolute atomic E-state index is 0.0765. The van der Waals surface area contributed by atoms with Gasteiger partial charge in [-0.1, -0.05) is 62.4 Å². The molecule has 5 atom stereocenters. The summed E-state index contributed by atoms with van der Waals surface area (Å²) < 4.78 is 5.45. The number of carbonyl (C=O) groups excluding carboxylic acids is 2. The fourth-order valence-corrected chi connectivity index (χ4v) is 7.76. The van der Waals surface area contributed by atoms with Crippen molar-refractivity contribution in [1.82, 2.24) is 34.7 Å². The van der Waals surface area contributed by atoms with Gasteiger partial charge in [0.15, 0.2) is 6.04 Å². The lowest BCUT2D eigenvalue weighted by molar-refractivity contribution is -0.188. The van der Waals surface area contributed by atoms with Gasteiger partial charge in [0, 0.05) is 32.6 Å². The number of amides is 2. The number of anilines is 1. The van der Waals surface area contributed by atoms with Crippen LogP contribution in [0.1, 0.15) is 70.2 Å². The zero-order valence-corrected chi connectivity index (χ0v) is 33.1. The molecule has 2 aromatic carbocycles. The molecule has 298 valence electrons. The first-order chi connectivity index (χ1) is 27.7. The lowest BCUT2D eigenvalue weighted by Crippen LogP contribution is -2.45. The summed E-state index contributed by atoms with van der Waals surface area (Å²) in [5.74, 6) is 1.57. The molecule has 2 aliphatic heterocycles. The van der Waals surface area contributed by atoms with E-state index >= 15 is 0 Å². The van der Waals surface area contributed by atoms with E-state index in [1.165, 1.54) is 7.11 Å². The van der Waals surface area contributed by atoms with E-state index < -0.39 is 12.1 Å². The quantitative estimate of drug-likeness (QED) is 0.0440. The number of ether oxygens (including phenoxy) is 1. The summed E-state index contributed by atoms with van der Waals surface area (Å²) in [6, 6.07) is 19.1. The molecule has 3 aromatic heterocycles. The molecule has 0 aliphatic carbocycles. The van der Waals surface area contributed by atoms with Gasteiger partial charge in [0.05, 0.1) is 54.8 Å². The minimum atomic E-state index is -0.775. The average Bonchev–Trinajstić information content (AvgIpc) is 4.08. The predicted molar refractivity (Wildman–Crippen MR) is 218 cm³/mol. The second kappa shape index (κ2) is 17.9. The zero-order chi connectivity index (χ0) is 39.9. The molecular weight excluding hydrogens is 723 g/mol. The summed E-state index contributed by atoms with van der Waals surface area (Å²) in [6.45, 7) is 7.23. The van der Waals surface area contributed by atoms with Crippen molar-refractivity contribution >= 4 is 23.9 Å². The molecule has 0 spiro atoms. The standard InChI is InChI=1S/C43H51N9O5/c1-27(2)38(48-33-9-6-20-44-23-33)42(53)51-21-7-10-36(51)40-45-24-34(49-40)31-16-12-29(13-17-31)30-14-18-32(19-15-30)35-25-46-41(50-35)37-11-8-22-52(37)43(54)39(28(3)55-4)47-26-57-56-5/h6,9,12-20,23-28,36-39,48H,7-8,10-11,21-22H2,1-5H3,(H,45,49)(H,46,50)/b47-26-/t28-,36+,37+,38+,39+/m1/s1. The highest BCUT2D eigenvalue weighted by molar-refractivity contribution is 5.86. The van der Waals surface area contributed by atoms with Crippen molar-refractivity contribution in [3.8, 4) is 33.6 Å². The van der Waals surface area contributed by atoms with Crippen LogP contribution in [-0.4, -0.2) is 98.4 Å². The summed E-state index contributed by atoms with van der Waals surface area (Å²) in [7, 11) is 2.93. The van der Waals surface area contributed by atoms with E-state index in [9.17, 15) is 9.59 Å². The van der Waals surface area contributed by atoms with Crippen molar-refractivity contribution in [3.63, 3.8) is 0 Å². The van der Waals surface area contributed by atoms with Crippen LogP contribution in [0.3, 0.4) is 0 Å². The van der Waals surface area contributed by atoms with Crippen LogP contribution in [0.4, 0.5) is 5.69 Å². The van der Waals surface area contributed by atoms with Gasteiger partial charge in [-0.25, -0.2) is 15.0 Å². The predicted octanol–water partition coefficient (Wildman–Crippen LogP) is 7.00. The van der Waals surface area contributed by atoms with Gasteiger partial charge >= 0.3 is 0 Å². The fraction of sp³-hybridized carbons (Fsp3) is 0.395. The first-order valence-corrected chi connectivity index (χ1v) is 19.6. The van der Waals surface area contributed by atoms with Crippen molar-refractivity contribution < 1.29 is 24.1 Å². The molecule has 2 fully saturated rings. The Bertz CT molecular complexity index is 2120. The fourth-order valence-electron chi connectivity index (χ4n) is 7.76. The summed E-state index contributed by atoms with van der Waals surface area (Å²) in [5.41, 5.74) is 6.80. The molecule has 14 nitrogen and oxygen atoms in total. The van der Waals surface area contributed by atoms with Gasteiger partial charge in [0.25, 0.3) is 5.91 Å². The Kier molecular flexibility index (Phi) is 12.4. The average molecular weight is 774 g/mol. The number of likely N-dealkylation sites (tertiary alicyclic amines) is 2. The number of pyridine rings is 1. The second-order valence-electron chi connectivity index (χ2n) is 14.9. The molecule has 0 saturated carbocycles. The number of benzene rings is 2. The summed E-state index contributed by atoms with van der Waals surface area (Å²) >= 11 is 0. The van der Waals surface area contributed by atoms with Crippen LogP contribution in [0.15, 0.2) is 90.4 Å². The Labute approximate surface area is 333 Å². The number of nitrogens with one attached hydrogen (secondary N) is 3. The van der Waals surface area contributed by atoms with E-state index in [4.69, 9.17) is 19.6 Å². The van der Waals surface area contributed by atoms with Gasteiger partial charge in [0.1, 0.15) is 17.7 Å².